The molecule has 35 heavy (non-hydrogen) atoms. The Morgan fingerprint density at radius 1 is 1.34 bits per heavy atom. The van der Waals surface area contributed by atoms with E-state index in [4.69, 9.17) is 30.2 Å². The molecule has 1 fully saturated rings. The largest absolute Gasteiger partial charge is 0.484 e. The molecule has 0 saturated carbocycles. The fourth-order valence-electron chi connectivity index (χ4n) is 3.06. The highest BCUT2D eigenvalue weighted by atomic mass is 35.5. The molecule has 0 aliphatic carbocycles. The summed E-state index contributed by atoms with van der Waals surface area (Å²) < 4.78 is 35.4. The number of amides is 2. The van der Waals surface area contributed by atoms with E-state index in [0.717, 1.165) is 6.07 Å². The quantitative estimate of drug-likeness (QED) is 0.570. The summed E-state index contributed by atoms with van der Waals surface area (Å²) in [6.45, 7) is 9.85. The van der Waals surface area contributed by atoms with Crippen LogP contribution in [0.15, 0.2) is 34.9 Å². The van der Waals surface area contributed by atoms with E-state index in [-0.39, 0.29) is 29.8 Å². The molecular weight excluding hydrogens is 483 g/mol. The normalized spacial score (nSPS) is 16.0. The summed E-state index contributed by atoms with van der Waals surface area (Å²) in [4.78, 5) is 25.9. The van der Waals surface area contributed by atoms with Crippen LogP contribution in [0.4, 0.5) is 9.18 Å². The Kier molecular flexibility index (Phi) is 8.68. The van der Waals surface area contributed by atoms with Crippen molar-refractivity contribution in [2.45, 2.75) is 45.3 Å². The summed E-state index contributed by atoms with van der Waals surface area (Å²) in [5.41, 5.74) is -0.175. The maximum absolute atomic E-state index is 13.4. The Morgan fingerprint density at radius 3 is 2.83 bits per heavy atom. The van der Waals surface area contributed by atoms with Crippen LogP contribution >= 0.6 is 11.6 Å². The van der Waals surface area contributed by atoms with Crippen molar-refractivity contribution < 1.29 is 32.6 Å². The highest BCUT2D eigenvalue weighted by Crippen LogP contribution is 2.23. The molecule has 2 aromatic rings. The highest BCUT2D eigenvalue weighted by molar-refractivity contribution is 6.30. The van der Waals surface area contributed by atoms with Gasteiger partial charge in [-0.05, 0) is 39.3 Å². The lowest BCUT2D eigenvalue weighted by atomic mass is 10.2. The highest BCUT2D eigenvalue weighted by Gasteiger charge is 2.31. The SMILES string of the molecule is C=C(CCc1nnc([C@@H]2CN(C(=O)OC(C)(C)C)CCO2)o1)NC(=O)COc1ccc(Cl)c(F)c1. The van der Waals surface area contributed by atoms with Crippen molar-refractivity contribution in [1.82, 2.24) is 20.4 Å². The molecule has 2 amide bonds. The van der Waals surface area contributed by atoms with Crippen molar-refractivity contribution in [2.24, 2.45) is 0 Å². The molecule has 10 nitrogen and oxygen atoms in total. The van der Waals surface area contributed by atoms with E-state index in [9.17, 15) is 14.0 Å². The average Bonchev–Trinajstić information content (AvgIpc) is 3.27. The van der Waals surface area contributed by atoms with E-state index < -0.39 is 29.5 Å². The average molecular weight is 511 g/mol. The van der Waals surface area contributed by atoms with Crippen LogP contribution in [0, 0.1) is 5.82 Å². The fraction of sp³-hybridized carbons (Fsp3) is 0.478. The van der Waals surface area contributed by atoms with Crippen LogP contribution in [0.2, 0.25) is 5.02 Å². The minimum Gasteiger partial charge on any atom is -0.484 e. The maximum Gasteiger partial charge on any atom is 0.410 e. The van der Waals surface area contributed by atoms with Crippen LogP contribution in [0.5, 0.6) is 5.75 Å². The minimum atomic E-state index is -0.635. The van der Waals surface area contributed by atoms with Crippen molar-refractivity contribution in [3.05, 3.63) is 53.1 Å². The zero-order chi connectivity index (χ0) is 25.6. The van der Waals surface area contributed by atoms with Crippen molar-refractivity contribution in [3.8, 4) is 5.75 Å². The molecule has 0 spiro atoms. The molecule has 2 heterocycles. The number of nitrogens with one attached hydrogen (secondary N) is 1. The maximum atomic E-state index is 13.4. The van der Waals surface area contributed by atoms with Crippen molar-refractivity contribution >= 4 is 23.6 Å². The van der Waals surface area contributed by atoms with Crippen molar-refractivity contribution in [1.29, 1.82) is 0 Å². The molecule has 1 aliphatic rings. The van der Waals surface area contributed by atoms with Gasteiger partial charge in [0, 0.05) is 24.7 Å². The van der Waals surface area contributed by atoms with Crippen LogP contribution in [0.3, 0.4) is 0 Å². The third kappa shape index (κ3) is 8.22. The summed E-state index contributed by atoms with van der Waals surface area (Å²) in [5.74, 6) is -0.312. The van der Waals surface area contributed by atoms with Gasteiger partial charge in [0.05, 0.1) is 18.2 Å². The molecular formula is C23H28ClFN4O6. The number of allylic oxidation sites excluding steroid dienone is 1. The first-order chi connectivity index (χ1) is 16.5. The number of hydrogen-bond donors (Lipinski definition) is 1. The van der Waals surface area contributed by atoms with E-state index in [2.05, 4.69) is 22.1 Å². The van der Waals surface area contributed by atoms with Gasteiger partial charge in [0.1, 0.15) is 17.2 Å². The molecule has 0 bridgehead atoms. The first kappa shape index (κ1) is 26.4. The van der Waals surface area contributed by atoms with E-state index in [1.54, 1.807) is 25.7 Å². The molecule has 0 unspecified atom stereocenters. The molecule has 1 aliphatic heterocycles. The van der Waals surface area contributed by atoms with Crippen molar-refractivity contribution in [3.63, 3.8) is 0 Å². The van der Waals surface area contributed by atoms with Gasteiger partial charge in [-0.1, -0.05) is 18.2 Å². The number of carbonyl (C=O) groups is 2. The number of morpholine rings is 1. The number of halogens is 2. The molecule has 12 heteroatoms. The lowest BCUT2D eigenvalue weighted by Crippen LogP contribution is -2.44. The Hall–Kier alpha value is -3.18. The predicted octanol–water partition coefficient (Wildman–Crippen LogP) is 3.81. The number of hydrogen-bond acceptors (Lipinski definition) is 8. The molecule has 1 aromatic heterocycles. The number of benzene rings is 1. The van der Waals surface area contributed by atoms with Crippen LogP contribution in [-0.4, -0.2) is 59.0 Å². The minimum absolute atomic E-state index is 0.0326. The zero-order valence-corrected chi connectivity index (χ0v) is 20.6. The zero-order valence-electron chi connectivity index (χ0n) is 19.8. The lowest BCUT2D eigenvalue weighted by Gasteiger charge is -2.32. The molecule has 1 aromatic carbocycles. The summed E-state index contributed by atoms with van der Waals surface area (Å²) in [5, 5.41) is 10.6. The number of aromatic nitrogens is 2. The van der Waals surface area contributed by atoms with Gasteiger partial charge in [0.25, 0.3) is 5.91 Å². The number of nitrogens with zero attached hydrogens (tertiary/aromatic N) is 3. The number of aryl methyl sites for hydroxylation is 1. The molecule has 3 rings (SSSR count). The molecule has 190 valence electrons. The Labute approximate surface area is 207 Å². The van der Waals surface area contributed by atoms with Gasteiger partial charge in [0.2, 0.25) is 11.8 Å². The van der Waals surface area contributed by atoms with Gasteiger partial charge in [-0.3, -0.25) is 4.79 Å². The van der Waals surface area contributed by atoms with Gasteiger partial charge in [-0.15, -0.1) is 10.2 Å². The van der Waals surface area contributed by atoms with Crippen LogP contribution in [0.25, 0.3) is 0 Å². The third-order valence-electron chi connectivity index (χ3n) is 4.69. The number of rotatable bonds is 8. The van der Waals surface area contributed by atoms with E-state index in [1.165, 1.54) is 12.1 Å². The van der Waals surface area contributed by atoms with E-state index in [1.807, 2.05) is 0 Å². The van der Waals surface area contributed by atoms with Crippen LogP contribution in [0.1, 0.15) is 45.1 Å². The summed E-state index contributed by atoms with van der Waals surface area (Å²) in [7, 11) is 0. The van der Waals surface area contributed by atoms with Gasteiger partial charge in [-0.25, -0.2) is 9.18 Å². The number of carbonyl (C=O) groups excluding carboxylic acids is 2. The number of ether oxygens (including phenoxy) is 3. The topological polar surface area (TPSA) is 116 Å². The van der Waals surface area contributed by atoms with Crippen LogP contribution < -0.4 is 10.1 Å². The summed E-state index contributed by atoms with van der Waals surface area (Å²) in [6.07, 6.45) is -0.311. The lowest BCUT2D eigenvalue weighted by molar-refractivity contribution is -0.122. The van der Waals surface area contributed by atoms with E-state index >= 15 is 0 Å². The second-order valence-electron chi connectivity index (χ2n) is 8.84. The van der Waals surface area contributed by atoms with E-state index in [0.29, 0.717) is 37.6 Å². The van der Waals surface area contributed by atoms with Gasteiger partial charge in [0.15, 0.2) is 12.7 Å². The standard InChI is InChI=1S/C23H28ClFN4O6/c1-14(26-19(30)13-33-15-6-7-16(24)17(25)11-15)5-8-20-27-28-21(34-20)18-12-29(9-10-32-18)22(31)35-23(2,3)4/h6-7,11,18H,1,5,8-10,12-13H2,2-4H3,(H,26,30)/t18-/m0/s1. The molecule has 1 atom stereocenters. The predicted molar refractivity (Wildman–Crippen MR) is 123 cm³/mol. The smallest absolute Gasteiger partial charge is 0.410 e. The summed E-state index contributed by atoms with van der Waals surface area (Å²) >= 11 is 5.62. The Morgan fingerprint density at radius 2 is 2.11 bits per heavy atom. The molecule has 1 saturated heterocycles. The first-order valence-electron chi connectivity index (χ1n) is 11.0. The van der Waals surface area contributed by atoms with Gasteiger partial charge >= 0.3 is 6.09 Å². The van der Waals surface area contributed by atoms with Gasteiger partial charge in [-0.2, -0.15) is 0 Å². The van der Waals surface area contributed by atoms with Crippen LogP contribution in [-0.2, 0) is 20.7 Å². The monoisotopic (exact) mass is 510 g/mol. The Balaban J connectivity index is 1.43. The molecule has 1 N–H and O–H groups in total. The first-order valence-corrected chi connectivity index (χ1v) is 11.4. The second-order valence-corrected chi connectivity index (χ2v) is 9.24. The third-order valence-corrected chi connectivity index (χ3v) is 5.00. The summed E-state index contributed by atoms with van der Waals surface area (Å²) in [6, 6.07) is 3.90. The molecule has 0 radical (unpaired) electrons. The fourth-order valence-corrected chi connectivity index (χ4v) is 3.18. The van der Waals surface area contributed by atoms with Gasteiger partial charge < -0.3 is 28.8 Å². The van der Waals surface area contributed by atoms with Crippen molar-refractivity contribution in [2.75, 3.05) is 26.3 Å². The Bertz CT molecular complexity index is 1070. The second kappa shape index (κ2) is 11.5.